The molecule has 0 aliphatic carbocycles. The molecule has 2 aromatic heterocycles. The van der Waals surface area contributed by atoms with Crippen molar-refractivity contribution < 1.29 is 4.42 Å². The van der Waals surface area contributed by atoms with Crippen LogP contribution >= 0.6 is 11.3 Å². The van der Waals surface area contributed by atoms with Gasteiger partial charge in [0.1, 0.15) is 11.5 Å². The number of rotatable bonds is 3. The predicted molar refractivity (Wildman–Crippen MR) is 71.1 cm³/mol. The number of nitrogens with one attached hydrogen (secondary N) is 1. The minimum Gasteiger partial charge on any atom is -0.466 e. The van der Waals surface area contributed by atoms with Gasteiger partial charge in [-0.25, -0.2) is 5.43 Å². The molecule has 0 fully saturated rings. The van der Waals surface area contributed by atoms with Crippen LogP contribution in [0, 0.1) is 27.7 Å². The normalized spacial score (nSPS) is 13.0. The second-order valence-electron chi connectivity index (χ2n) is 4.30. The lowest BCUT2D eigenvalue weighted by Crippen LogP contribution is -2.28. The number of nitrogens with two attached hydrogens (primary N) is 1. The first-order valence-corrected chi connectivity index (χ1v) is 6.45. The van der Waals surface area contributed by atoms with Crippen LogP contribution in [0.25, 0.3) is 0 Å². The highest BCUT2D eigenvalue weighted by Gasteiger charge is 2.22. The van der Waals surface area contributed by atoms with Gasteiger partial charge in [0.25, 0.3) is 0 Å². The Bertz CT molecular complexity index is 528. The van der Waals surface area contributed by atoms with Crippen molar-refractivity contribution >= 4 is 11.3 Å². The summed E-state index contributed by atoms with van der Waals surface area (Å²) in [4.78, 5) is 2.51. The van der Waals surface area contributed by atoms with E-state index in [4.69, 9.17) is 10.3 Å². The second kappa shape index (κ2) is 4.64. The topological polar surface area (TPSA) is 51.2 Å². The number of hydrazine groups is 1. The van der Waals surface area contributed by atoms with Crippen LogP contribution in [0.4, 0.5) is 0 Å². The summed E-state index contributed by atoms with van der Waals surface area (Å²) in [6.45, 7) is 8.15. The molecule has 0 aliphatic rings. The summed E-state index contributed by atoms with van der Waals surface area (Å²) in [5.74, 6) is 7.61. The van der Waals surface area contributed by atoms with Gasteiger partial charge in [0.05, 0.1) is 6.04 Å². The van der Waals surface area contributed by atoms with Gasteiger partial charge in [0.2, 0.25) is 0 Å². The molecule has 3 N–H and O–H groups in total. The molecule has 0 bridgehead atoms. The summed E-state index contributed by atoms with van der Waals surface area (Å²) in [6, 6.07) is 4.25. The van der Waals surface area contributed by atoms with E-state index in [1.165, 1.54) is 15.3 Å². The summed E-state index contributed by atoms with van der Waals surface area (Å²) < 4.78 is 5.67. The van der Waals surface area contributed by atoms with Crippen LogP contribution in [-0.2, 0) is 0 Å². The molecule has 0 saturated heterocycles. The maximum Gasteiger partial charge on any atom is 0.106 e. The molecular weight excluding hydrogens is 232 g/mol. The Morgan fingerprint density at radius 2 is 1.88 bits per heavy atom. The Balaban J connectivity index is 2.49. The molecule has 0 radical (unpaired) electrons. The standard InChI is InChI=1S/C13H18N2OS/c1-7-5-6-11(17-7)13(15-14)12-8(2)9(3)16-10(12)4/h5-6,13,15H,14H2,1-4H3. The van der Waals surface area contributed by atoms with Gasteiger partial charge in [-0.3, -0.25) is 5.84 Å². The van der Waals surface area contributed by atoms with Gasteiger partial charge >= 0.3 is 0 Å². The monoisotopic (exact) mass is 250 g/mol. The Labute approximate surface area is 106 Å². The Morgan fingerprint density at radius 3 is 2.29 bits per heavy atom. The summed E-state index contributed by atoms with van der Waals surface area (Å²) in [6.07, 6.45) is 0. The molecular formula is C13H18N2OS. The maximum atomic E-state index is 5.71. The molecule has 92 valence electrons. The molecule has 1 unspecified atom stereocenters. The lowest BCUT2D eigenvalue weighted by atomic mass is 10.0. The Kier molecular flexibility index (Phi) is 3.38. The van der Waals surface area contributed by atoms with Crippen molar-refractivity contribution in [3.8, 4) is 0 Å². The number of furan rings is 1. The quantitative estimate of drug-likeness (QED) is 0.650. The fourth-order valence-corrected chi connectivity index (χ4v) is 3.10. The van der Waals surface area contributed by atoms with Crippen LogP contribution < -0.4 is 11.3 Å². The fourth-order valence-electron chi connectivity index (χ4n) is 2.15. The zero-order valence-electron chi connectivity index (χ0n) is 10.6. The Hall–Kier alpha value is -1.10. The van der Waals surface area contributed by atoms with Crippen LogP contribution in [-0.4, -0.2) is 0 Å². The molecule has 4 heteroatoms. The van der Waals surface area contributed by atoms with E-state index >= 15 is 0 Å². The molecule has 2 rings (SSSR count). The van der Waals surface area contributed by atoms with Crippen molar-refractivity contribution in [3.63, 3.8) is 0 Å². The summed E-state index contributed by atoms with van der Waals surface area (Å²) in [5, 5.41) is 0. The van der Waals surface area contributed by atoms with Crippen molar-refractivity contribution in [2.24, 2.45) is 5.84 Å². The van der Waals surface area contributed by atoms with Gasteiger partial charge in [0, 0.05) is 15.3 Å². The van der Waals surface area contributed by atoms with Gasteiger partial charge in [0.15, 0.2) is 0 Å². The van der Waals surface area contributed by atoms with E-state index in [2.05, 4.69) is 31.4 Å². The highest BCUT2D eigenvalue weighted by Crippen LogP contribution is 2.33. The van der Waals surface area contributed by atoms with E-state index < -0.39 is 0 Å². The van der Waals surface area contributed by atoms with Gasteiger partial charge in [-0.05, 0) is 45.4 Å². The van der Waals surface area contributed by atoms with Gasteiger partial charge < -0.3 is 4.42 Å². The van der Waals surface area contributed by atoms with Crippen LogP contribution in [0.2, 0.25) is 0 Å². The molecule has 0 amide bonds. The van der Waals surface area contributed by atoms with Gasteiger partial charge in [-0.1, -0.05) is 0 Å². The van der Waals surface area contributed by atoms with E-state index in [0.717, 1.165) is 17.1 Å². The SMILES string of the molecule is Cc1ccc(C(NN)c2c(C)oc(C)c2C)s1. The predicted octanol–water partition coefficient (Wildman–Crippen LogP) is 3.13. The van der Waals surface area contributed by atoms with Gasteiger partial charge in [-0.15, -0.1) is 11.3 Å². The number of hydrogen-bond acceptors (Lipinski definition) is 4. The van der Waals surface area contributed by atoms with Crippen molar-refractivity contribution in [2.75, 3.05) is 0 Å². The summed E-state index contributed by atoms with van der Waals surface area (Å²) >= 11 is 1.76. The smallest absolute Gasteiger partial charge is 0.106 e. The zero-order chi connectivity index (χ0) is 12.6. The first-order valence-electron chi connectivity index (χ1n) is 5.63. The number of aryl methyl sites for hydroxylation is 3. The largest absolute Gasteiger partial charge is 0.466 e. The molecule has 0 aromatic carbocycles. The third-order valence-electron chi connectivity index (χ3n) is 3.12. The second-order valence-corrected chi connectivity index (χ2v) is 5.62. The van der Waals surface area contributed by atoms with Crippen LogP contribution in [0.1, 0.15) is 38.4 Å². The van der Waals surface area contributed by atoms with E-state index in [9.17, 15) is 0 Å². The maximum absolute atomic E-state index is 5.71. The molecule has 0 spiro atoms. The first kappa shape index (κ1) is 12.4. The van der Waals surface area contributed by atoms with Crippen molar-refractivity contribution in [1.29, 1.82) is 0 Å². The van der Waals surface area contributed by atoms with E-state index in [1.54, 1.807) is 11.3 Å². The van der Waals surface area contributed by atoms with Crippen molar-refractivity contribution in [2.45, 2.75) is 33.7 Å². The molecule has 1 atom stereocenters. The third-order valence-corrected chi connectivity index (χ3v) is 4.18. The molecule has 2 aromatic rings. The highest BCUT2D eigenvalue weighted by molar-refractivity contribution is 7.12. The van der Waals surface area contributed by atoms with E-state index in [1.807, 2.05) is 13.8 Å². The highest BCUT2D eigenvalue weighted by atomic mass is 32.1. The van der Waals surface area contributed by atoms with Crippen LogP contribution in [0.3, 0.4) is 0 Å². The number of hydrogen-bond donors (Lipinski definition) is 2. The molecule has 0 saturated carbocycles. The summed E-state index contributed by atoms with van der Waals surface area (Å²) in [7, 11) is 0. The van der Waals surface area contributed by atoms with Crippen LogP contribution in [0.5, 0.6) is 0 Å². The lowest BCUT2D eigenvalue weighted by molar-refractivity contribution is 0.494. The zero-order valence-corrected chi connectivity index (χ0v) is 11.4. The lowest BCUT2D eigenvalue weighted by Gasteiger charge is -2.14. The minimum atomic E-state index is 0.0196. The Morgan fingerprint density at radius 1 is 1.18 bits per heavy atom. The average molecular weight is 250 g/mol. The molecule has 0 aliphatic heterocycles. The van der Waals surface area contributed by atoms with E-state index in [0.29, 0.717) is 0 Å². The fraction of sp³-hybridized carbons (Fsp3) is 0.385. The summed E-state index contributed by atoms with van der Waals surface area (Å²) in [5.41, 5.74) is 5.23. The average Bonchev–Trinajstić information content (AvgIpc) is 2.79. The van der Waals surface area contributed by atoms with E-state index in [-0.39, 0.29) is 6.04 Å². The molecule has 17 heavy (non-hydrogen) atoms. The van der Waals surface area contributed by atoms with Crippen molar-refractivity contribution in [3.05, 3.63) is 44.5 Å². The third kappa shape index (κ3) is 2.16. The van der Waals surface area contributed by atoms with Gasteiger partial charge in [-0.2, -0.15) is 0 Å². The molecule has 2 heterocycles. The van der Waals surface area contributed by atoms with Crippen LogP contribution in [0.15, 0.2) is 16.5 Å². The minimum absolute atomic E-state index is 0.0196. The molecule has 3 nitrogen and oxygen atoms in total. The van der Waals surface area contributed by atoms with Crippen molar-refractivity contribution in [1.82, 2.24) is 5.43 Å². The number of thiophene rings is 1. The first-order chi connectivity index (χ1) is 8.04.